The average molecular weight is 264 g/mol. The maximum Gasteiger partial charge on any atom is 0.0791 e. The topological polar surface area (TPSA) is 35.5 Å². The lowest BCUT2D eigenvalue weighted by Crippen LogP contribution is -2.34. The number of nitrogens with one attached hydrogen (secondary N) is 1. The van der Waals surface area contributed by atoms with Crippen LogP contribution in [-0.2, 0) is 13.0 Å². The van der Waals surface area contributed by atoms with E-state index in [0.717, 1.165) is 13.0 Å². The molecule has 1 unspecified atom stereocenters. The van der Waals surface area contributed by atoms with E-state index in [1.165, 1.54) is 11.1 Å². The SMILES string of the molecule is CC(C)Cc1ccc(CNCC(O)CN(C)C)cc1. The van der Waals surface area contributed by atoms with Gasteiger partial charge < -0.3 is 15.3 Å². The highest BCUT2D eigenvalue weighted by molar-refractivity contribution is 5.22. The van der Waals surface area contributed by atoms with Crippen LogP contribution in [0.15, 0.2) is 24.3 Å². The van der Waals surface area contributed by atoms with Crippen LogP contribution in [0.3, 0.4) is 0 Å². The molecule has 1 aromatic carbocycles. The number of rotatable bonds is 8. The molecular weight excluding hydrogens is 236 g/mol. The third-order valence-corrected chi connectivity index (χ3v) is 2.95. The van der Waals surface area contributed by atoms with Gasteiger partial charge in [-0.3, -0.25) is 0 Å². The fourth-order valence-corrected chi connectivity index (χ4v) is 2.13. The largest absolute Gasteiger partial charge is 0.390 e. The predicted octanol–water partition coefficient (Wildman–Crippen LogP) is 1.90. The molecule has 0 aromatic heterocycles. The molecule has 1 aromatic rings. The van der Waals surface area contributed by atoms with Crippen LogP contribution in [0.5, 0.6) is 0 Å². The summed E-state index contributed by atoms with van der Waals surface area (Å²) in [7, 11) is 3.94. The normalized spacial score (nSPS) is 13.2. The quantitative estimate of drug-likeness (QED) is 0.753. The zero-order valence-electron chi connectivity index (χ0n) is 12.7. The van der Waals surface area contributed by atoms with Gasteiger partial charge in [-0.1, -0.05) is 38.1 Å². The third-order valence-electron chi connectivity index (χ3n) is 2.95. The first-order valence-electron chi connectivity index (χ1n) is 7.08. The Balaban J connectivity index is 2.30. The summed E-state index contributed by atoms with van der Waals surface area (Å²) in [6, 6.07) is 8.74. The second-order valence-electron chi connectivity index (χ2n) is 5.96. The highest BCUT2D eigenvalue weighted by atomic mass is 16.3. The molecule has 108 valence electrons. The van der Waals surface area contributed by atoms with Crippen molar-refractivity contribution in [2.45, 2.75) is 32.9 Å². The van der Waals surface area contributed by atoms with E-state index in [2.05, 4.69) is 43.4 Å². The Kier molecular flexibility index (Phi) is 7.06. The number of benzene rings is 1. The van der Waals surface area contributed by atoms with Gasteiger partial charge in [0.1, 0.15) is 0 Å². The van der Waals surface area contributed by atoms with Gasteiger partial charge in [0.25, 0.3) is 0 Å². The molecule has 2 N–H and O–H groups in total. The van der Waals surface area contributed by atoms with Gasteiger partial charge >= 0.3 is 0 Å². The highest BCUT2D eigenvalue weighted by Gasteiger charge is 2.04. The third kappa shape index (κ3) is 7.31. The molecule has 19 heavy (non-hydrogen) atoms. The summed E-state index contributed by atoms with van der Waals surface area (Å²) in [5, 5.41) is 13.0. The summed E-state index contributed by atoms with van der Waals surface area (Å²) in [4.78, 5) is 1.99. The number of hydrogen-bond acceptors (Lipinski definition) is 3. The minimum Gasteiger partial charge on any atom is -0.390 e. The summed E-state index contributed by atoms with van der Waals surface area (Å²) in [6.07, 6.45) is 0.824. The second kappa shape index (κ2) is 8.31. The number of aliphatic hydroxyl groups is 1. The Labute approximate surface area is 117 Å². The van der Waals surface area contributed by atoms with Crippen molar-refractivity contribution in [2.24, 2.45) is 5.92 Å². The lowest BCUT2D eigenvalue weighted by molar-refractivity contribution is 0.134. The standard InChI is InChI=1S/C16H28N2O/c1-13(2)9-14-5-7-15(8-6-14)10-17-11-16(19)12-18(3)4/h5-8,13,16-17,19H,9-12H2,1-4H3. The van der Waals surface area contributed by atoms with Gasteiger partial charge in [-0.2, -0.15) is 0 Å². The van der Waals surface area contributed by atoms with Crippen molar-refractivity contribution >= 4 is 0 Å². The van der Waals surface area contributed by atoms with Gasteiger partial charge in [-0.15, -0.1) is 0 Å². The molecular formula is C16H28N2O. The van der Waals surface area contributed by atoms with Crippen molar-refractivity contribution in [3.05, 3.63) is 35.4 Å². The first kappa shape index (κ1) is 16.2. The van der Waals surface area contributed by atoms with Gasteiger partial charge in [0.15, 0.2) is 0 Å². The van der Waals surface area contributed by atoms with Crippen molar-refractivity contribution in [3.8, 4) is 0 Å². The Morgan fingerprint density at radius 3 is 2.21 bits per heavy atom. The summed E-state index contributed by atoms with van der Waals surface area (Å²) < 4.78 is 0. The van der Waals surface area contributed by atoms with Gasteiger partial charge in [-0.25, -0.2) is 0 Å². The molecule has 0 saturated carbocycles. The fraction of sp³-hybridized carbons (Fsp3) is 0.625. The molecule has 0 radical (unpaired) electrons. The van der Waals surface area contributed by atoms with Crippen LogP contribution in [0.25, 0.3) is 0 Å². The summed E-state index contributed by atoms with van der Waals surface area (Å²) in [5.41, 5.74) is 2.66. The highest BCUT2D eigenvalue weighted by Crippen LogP contribution is 2.09. The first-order valence-corrected chi connectivity index (χ1v) is 7.08. The van der Waals surface area contributed by atoms with E-state index in [-0.39, 0.29) is 6.10 Å². The molecule has 0 aliphatic carbocycles. The van der Waals surface area contributed by atoms with E-state index in [1.807, 2.05) is 19.0 Å². The number of aliphatic hydroxyl groups excluding tert-OH is 1. The monoisotopic (exact) mass is 264 g/mol. The van der Waals surface area contributed by atoms with Crippen molar-refractivity contribution in [3.63, 3.8) is 0 Å². The van der Waals surface area contributed by atoms with E-state index in [9.17, 15) is 5.11 Å². The van der Waals surface area contributed by atoms with Crippen LogP contribution in [0.2, 0.25) is 0 Å². The van der Waals surface area contributed by atoms with E-state index >= 15 is 0 Å². The Morgan fingerprint density at radius 1 is 1.11 bits per heavy atom. The predicted molar refractivity (Wildman–Crippen MR) is 81.3 cm³/mol. The van der Waals surface area contributed by atoms with Crippen molar-refractivity contribution < 1.29 is 5.11 Å². The number of likely N-dealkylation sites (N-methyl/N-ethyl adjacent to an activating group) is 1. The molecule has 0 aliphatic heterocycles. The summed E-state index contributed by atoms with van der Waals surface area (Å²) >= 11 is 0. The van der Waals surface area contributed by atoms with E-state index < -0.39 is 0 Å². The van der Waals surface area contributed by atoms with E-state index in [1.54, 1.807) is 0 Å². The van der Waals surface area contributed by atoms with Crippen molar-refractivity contribution in [1.82, 2.24) is 10.2 Å². The smallest absolute Gasteiger partial charge is 0.0791 e. The average Bonchev–Trinajstić information content (AvgIpc) is 2.29. The molecule has 0 amide bonds. The lowest BCUT2D eigenvalue weighted by atomic mass is 10.0. The van der Waals surface area contributed by atoms with Gasteiger partial charge in [0, 0.05) is 19.6 Å². The number of nitrogens with zero attached hydrogens (tertiary/aromatic N) is 1. The van der Waals surface area contributed by atoms with Crippen molar-refractivity contribution in [2.75, 3.05) is 27.2 Å². The van der Waals surface area contributed by atoms with Crippen LogP contribution < -0.4 is 5.32 Å². The molecule has 0 fully saturated rings. The molecule has 1 rings (SSSR count). The number of hydrogen-bond donors (Lipinski definition) is 2. The zero-order valence-corrected chi connectivity index (χ0v) is 12.7. The minimum absolute atomic E-state index is 0.310. The van der Waals surface area contributed by atoms with E-state index in [4.69, 9.17) is 0 Å². The van der Waals surface area contributed by atoms with Gasteiger partial charge in [0.05, 0.1) is 6.10 Å². The molecule has 0 bridgehead atoms. The molecule has 1 atom stereocenters. The van der Waals surface area contributed by atoms with Crippen LogP contribution in [0.4, 0.5) is 0 Å². The molecule has 0 saturated heterocycles. The lowest BCUT2D eigenvalue weighted by Gasteiger charge is -2.16. The molecule has 3 heteroatoms. The molecule has 0 spiro atoms. The minimum atomic E-state index is -0.310. The maximum absolute atomic E-state index is 9.74. The second-order valence-corrected chi connectivity index (χ2v) is 5.96. The van der Waals surface area contributed by atoms with Gasteiger partial charge in [-0.05, 0) is 37.6 Å². The maximum atomic E-state index is 9.74. The molecule has 3 nitrogen and oxygen atoms in total. The van der Waals surface area contributed by atoms with Crippen LogP contribution in [-0.4, -0.2) is 43.3 Å². The van der Waals surface area contributed by atoms with Crippen LogP contribution in [0, 0.1) is 5.92 Å². The fourth-order valence-electron chi connectivity index (χ4n) is 2.13. The zero-order chi connectivity index (χ0) is 14.3. The first-order chi connectivity index (χ1) is 8.97. The van der Waals surface area contributed by atoms with Gasteiger partial charge in [0.2, 0.25) is 0 Å². The Hall–Kier alpha value is -0.900. The molecule has 0 aliphatic rings. The summed E-state index contributed by atoms with van der Waals surface area (Å²) in [5.74, 6) is 0.699. The van der Waals surface area contributed by atoms with Crippen molar-refractivity contribution in [1.29, 1.82) is 0 Å². The van der Waals surface area contributed by atoms with E-state index in [0.29, 0.717) is 19.0 Å². The Bertz CT molecular complexity index is 346. The Morgan fingerprint density at radius 2 is 1.68 bits per heavy atom. The molecule has 0 heterocycles. The van der Waals surface area contributed by atoms with Crippen LogP contribution >= 0.6 is 0 Å². The van der Waals surface area contributed by atoms with Crippen LogP contribution in [0.1, 0.15) is 25.0 Å². The summed E-state index contributed by atoms with van der Waals surface area (Å²) in [6.45, 7) is 6.61.